The molecule has 1 saturated heterocycles. The summed E-state index contributed by atoms with van der Waals surface area (Å²) in [6.07, 6.45) is 1.60. The lowest BCUT2D eigenvalue weighted by Crippen LogP contribution is -2.37. The highest BCUT2D eigenvalue weighted by Gasteiger charge is 2.16. The van der Waals surface area contributed by atoms with E-state index in [4.69, 9.17) is 9.26 Å². The lowest BCUT2D eigenvalue weighted by atomic mass is 10.4. The highest BCUT2D eigenvalue weighted by Crippen LogP contribution is 2.15. The Bertz CT molecular complexity index is 569. The molecular formula is C12H17N7O2. The third kappa shape index (κ3) is 3.37. The van der Waals surface area contributed by atoms with Crippen LogP contribution in [0.2, 0.25) is 0 Å². The molecule has 3 heterocycles. The van der Waals surface area contributed by atoms with E-state index in [0.29, 0.717) is 43.4 Å². The maximum absolute atomic E-state index is 5.34. The van der Waals surface area contributed by atoms with Gasteiger partial charge in [0, 0.05) is 26.2 Å². The second-order valence-corrected chi connectivity index (χ2v) is 4.46. The Morgan fingerprint density at radius 2 is 2.00 bits per heavy atom. The summed E-state index contributed by atoms with van der Waals surface area (Å²) in [5.74, 6) is 2.37. The van der Waals surface area contributed by atoms with Crippen molar-refractivity contribution < 1.29 is 9.26 Å². The predicted octanol–water partition coefficient (Wildman–Crippen LogP) is 0.350. The summed E-state index contributed by atoms with van der Waals surface area (Å²) in [7, 11) is 1.78. The van der Waals surface area contributed by atoms with Crippen LogP contribution in [0.1, 0.15) is 5.76 Å². The highest BCUT2D eigenvalue weighted by molar-refractivity contribution is 5.43. The number of nitrogens with one attached hydrogen (secondary N) is 2. The number of hydrogen-bond donors (Lipinski definition) is 2. The van der Waals surface area contributed by atoms with Crippen LogP contribution >= 0.6 is 0 Å². The Kier molecular flexibility index (Phi) is 4.10. The predicted molar refractivity (Wildman–Crippen MR) is 76.2 cm³/mol. The SMILES string of the molecule is CNc1nc(NCc2ccno2)nc(N2CCOCC2)n1. The monoisotopic (exact) mass is 291 g/mol. The molecule has 1 aliphatic rings. The van der Waals surface area contributed by atoms with E-state index < -0.39 is 0 Å². The molecular weight excluding hydrogens is 274 g/mol. The van der Waals surface area contributed by atoms with Crippen molar-refractivity contribution >= 4 is 17.8 Å². The number of morpholine rings is 1. The zero-order valence-corrected chi connectivity index (χ0v) is 11.7. The fourth-order valence-electron chi connectivity index (χ4n) is 1.96. The number of nitrogens with zero attached hydrogens (tertiary/aromatic N) is 5. The van der Waals surface area contributed by atoms with Crippen molar-refractivity contribution in [2.75, 3.05) is 48.9 Å². The van der Waals surface area contributed by atoms with Gasteiger partial charge in [0.15, 0.2) is 5.76 Å². The average molecular weight is 291 g/mol. The lowest BCUT2D eigenvalue weighted by molar-refractivity contribution is 0.122. The minimum Gasteiger partial charge on any atom is -0.378 e. The van der Waals surface area contributed by atoms with Gasteiger partial charge in [0.05, 0.1) is 26.0 Å². The molecule has 0 saturated carbocycles. The number of anilines is 3. The van der Waals surface area contributed by atoms with E-state index in [2.05, 4.69) is 35.6 Å². The first-order valence-electron chi connectivity index (χ1n) is 6.75. The molecule has 9 nitrogen and oxygen atoms in total. The maximum atomic E-state index is 5.34. The van der Waals surface area contributed by atoms with Gasteiger partial charge >= 0.3 is 0 Å². The molecule has 3 rings (SSSR count). The molecule has 0 aromatic carbocycles. The number of rotatable bonds is 5. The van der Waals surface area contributed by atoms with E-state index in [1.807, 2.05) is 0 Å². The van der Waals surface area contributed by atoms with Gasteiger partial charge in [-0.25, -0.2) is 0 Å². The van der Waals surface area contributed by atoms with Crippen molar-refractivity contribution in [2.45, 2.75) is 6.54 Å². The molecule has 1 fully saturated rings. The van der Waals surface area contributed by atoms with Crippen LogP contribution in [0.25, 0.3) is 0 Å². The second kappa shape index (κ2) is 6.35. The van der Waals surface area contributed by atoms with E-state index in [9.17, 15) is 0 Å². The fraction of sp³-hybridized carbons (Fsp3) is 0.500. The van der Waals surface area contributed by atoms with Crippen LogP contribution in [-0.2, 0) is 11.3 Å². The summed E-state index contributed by atoms with van der Waals surface area (Å²) in [5.41, 5.74) is 0. The van der Waals surface area contributed by atoms with Gasteiger partial charge in [-0.15, -0.1) is 0 Å². The van der Waals surface area contributed by atoms with Crippen LogP contribution in [0.5, 0.6) is 0 Å². The Hall–Kier alpha value is -2.42. The van der Waals surface area contributed by atoms with Gasteiger partial charge in [-0.05, 0) is 0 Å². The normalized spacial score (nSPS) is 15.0. The molecule has 9 heteroatoms. The summed E-state index contributed by atoms with van der Waals surface area (Å²) < 4.78 is 10.4. The average Bonchev–Trinajstić information content (AvgIpc) is 3.07. The zero-order valence-electron chi connectivity index (χ0n) is 11.7. The van der Waals surface area contributed by atoms with Crippen LogP contribution in [0.4, 0.5) is 17.8 Å². The first kappa shape index (κ1) is 13.6. The molecule has 2 aromatic rings. The van der Waals surface area contributed by atoms with Gasteiger partial charge in [0.2, 0.25) is 17.8 Å². The van der Waals surface area contributed by atoms with Crippen molar-refractivity contribution in [1.82, 2.24) is 20.1 Å². The topological polar surface area (TPSA) is 101 Å². The van der Waals surface area contributed by atoms with E-state index >= 15 is 0 Å². The second-order valence-electron chi connectivity index (χ2n) is 4.46. The Labute approximate surface area is 121 Å². The molecule has 0 unspecified atom stereocenters. The van der Waals surface area contributed by atoms with Crippen LogP contribution in [0, 0.1) is 0 Å². The summed E-state index contributed by atoms with van der Waals surface area (Å²) in [4.78, 5) is 15.2. The minimum absolute atomic E-state index is 0.468. The third-order valence-corrected chi connectivity index (χ3v) is 3.05. The maximum Gasteiger partial charge on any atom is 0.232 e. The van der Waals surface area contributed by atoms with Crippen LogP contribution in [-0.4, -0.2) is 53.5 Å². The van der Waals surface area contributed by atoms with Gasteiger partial charge in [-0.3, -0.25) is 0 Å². The zero-order chi connectivity index (χ0) is 14.5. The smallest absolute Gasteiger partial charge is 0.232 e. The van der Waals surface area contributed by atoms with Crippen molar-refractivity contribution in [3.8, 4) is 0 Å². The van der Waals surface area contributed by atoms with Gasteiger partial charge < -0.3 is 24.8 Å². The largest absolute Gasteiger partial charge is 0.378 e. The summed E-state index contributed by atoms with van der Waals surface area (Å²) in [6, 6.07) is 1.79. The van der Waals surface area contributed by atoms with Gasteiger partial charge in [0.25, 0.3) is 0 Å². The van der Waals surface area contributed by atoms with Gasteiger partial charge in [0.1, 0.15) is 0 Å². The Morgan fingerprint density at radius 3 is 2.71 bits per heavy atom. The number of aromatic nitrogens is 4. The first-order valence-corrected chi connectivity index (χ1v) is 6.75. The molecule has 2 N–H and O–H groups in total. The van der Waals surface area contributed by atoms with Gasteiger partial charge in [-0.2, -0.15) is 15.0 Å². The van der Waals surface area contributed by atoms with Crippen LogP contribution in [0.3, 0.4) is 0 Å². The highest BCUT2D eigenvalue weighted by atomic mass is 16.5. The van der Waals surface area contributed by atoms with E-state index in [-0.39, 0.29) is 0 Å². The lowest BCUT2D eigenvalue weighted by Gasteiger charge is -2.27. The molecule has 0 radical (unpaired) electrons. The molecule has 1 aliphatic heterocycles. The summed E-state index contributed by atoms with van der Waals surface area (Å²) in [5, 5.41) is 9.71. The molecule has 0 bridgehead atoms. The number of hydrogen-bond acceptors (Lipinski definition) is 9. The van der Waals surface area contributed by atoms with Crippen molar-refractivity contribution in [2.24, 2.45) is 0 Å². The van der Waals surface area contributed by atoms with Crippen LogP contribution < -0.4 is 15.5 Å². The van der Waals surface area contributed by atoms with Gasteiger partial charge in [-0.1, -0.05) is 5.16 Å². The molecule has 0 atom stereocenters. The Morgan fingerprint density at radius 1 is 1.19 bits per heavy atom. The minimum atomic E-state index is 0.468. The fourth-order valence-corrected chi connectivity index (χ4v) is 1.96. The molecule has 0 aliphatic carbocycles. The van der Waals surface area contributed by atoms with Crippen molar-refractivity contribution in [3.05, 3.63) is 18.0 Å². The Balaban J connectivity index is 1.75. The quantitative estimate of drug-likeness (QED) is 0.807. The van der Waals surface area contributed by atoms with E-state index in [1.54, 1.807) is 19.3 Å². The van der Waals surface area contributed by atoms with Crippen molar-refractivity contribution in [3.63, 3.8) is 0 Å². The third-order valence-electron chi connectivity index (χ3n) is 3.05. The molecule has 2 aromatic heterocycles. The van der Waals surface area contributed by atoms with Crippen LogP contribution in [0.15, 0.2) is 16.8 Å². The molecule has 0 amide bonds. The summed E-state index contributed by atoms with van der Waals surface area (Å²) >= 11 is 0. The first-order chi connectivity index (χ1) is 10.3. The van der Waals surface area contributed by atoms with Crippen molar-refractivity contribution in [1.29, 1.82) is 0 Å². The molecule has 21 heavy (non-hydrogen) atoms. The standard InChI is InChI=1S/C12H17N7O2/c1-13-10-16-11(14-8-9-2-3-15-21-9)18-12(17-10)19-4-6-20-7-5-19/h2-3H,4-8H2,1H3,(H2,13,14,16,17,18). The van der Waals surface area contributed by atoms with E-state index in [0.717, 1.165) is 13.1 Å². The molecule has 112 valence electrons. The summed E-state index contributed by atoms with van der Waals surface area (Å²) in [6.45, 7) is 3.38. The number of ether oxygens (including phenoxy) is 1. The van der Waals surface area contributed by atoms with E-state index in [1.165, 1.54) is 0 Å². The molecule has 0 spiro atoms.